The third-order valence-corrected chi connectivity index (χ3v) is 3.60. The molecule has 1 aromatic carbocycles. The topological polar surface area (TPSA) is 122 Å². The summed E-state index contributed by atoms with van der Waals surface area (Å²) in [6, 6.07) is 7.25. The van der Waals surface area contributed by atoms with Crippen LogP contribution in [0.15, 0.2) is 24.3 Å². The van der Waals surface area contributed by atoms with Crippen LogP contribution in [0.4, 0.5) is 16.2 Å². The van der Waals surface area contributed by atoms with Crippen LogP contribution in [0, 0.1) is 0 Å². The summed E-state index contributed by atoms with van der Waals surface area (Å²) >= 11 is 0. The summed E-state index contributed by atoms with van der Waals surface area (Å²) in [6.45, 7) is 3.02. The van der Waals surface area contributed by atoms with E-state index in [1.54, 1.807) is 21.9 Å². The minimum atomic E-state index is -0.833. The van der Waals surface area contributed by atoms with E-state index >= 15 is 0 Å². The maximum absolute atomic E-state index is 11.8. The van der Waals surface area contributed by atoms with Gasteiger partial charge >= 0.3 is 6.09 Å². The number of carboxylic acids is 1. The van der Waals surface area contributed by atoms with Crippen LogP contribution in [0.5, 0.6) is 0 Å². The first-order chi connectivity index (χ1) is 11.9. The lowest BCUT2D eigenvalue weighted by Gasteiger charge is -2.27. The average molecular weight is 351 g/mol. The molecule has 1 atom stereocenters. The molecule has 3 N–H and O–H groups in total. The molecule has 9 heteroatoms. The van der Waals surface area contributed by atoms with Crippen molar-refractivity contribution in [1.82, 2.24) is 0 Å². The van der Waals surface area contributed by atoms with E-state index in [1.807, 2.05) is 12.1 Å². The second-order valence-electron chi connectivity index (χ2n) is 5.49. The number of nitrogens with two attached hydrogens (primary N) is 1. The van der Waals surface area contributed by atoms with Gasteiger partial charge in [-0.3, -0.25) is 14.5 Å². The van der Waals surface area contributed by atoms with Gasteiger partial charge < -0.3 is 25.2 Å². The van der Waals surface area contributed by atoms with Gasteiger partial charge in [-0.2, -0.15) is 0 Å². The molecule has 2 heterocycles. The predicted octanol–water partition coefficient (Wildman–Crippen LogP) is 0.425. The lowest BCUT2D eigenvalue weighted by Crippen LogP contribution is -2.41. The molecule has 0 bridgehead atoms. The van der Waals surface area contributed by atoms with Gasteiger partial charge in [-0.25, -0.2) is 4.79 Å². The number of hydrogen-bond acceptors (Lipinski definition) is 6. The van der Waals surface area contributed by atoms with Gasteiger partial charge in [0, 0.05) is 31.4 Å². The van der Waals surface area contributed by atoms with Gasteiger partial charge in [0.1, 0.15) is 12.7 Å². The van der Waals surface area contributed by atoms with Gasteiger partial charge in [0.2, 0.25) is 0 Å². The highest BCUT2D eigenvalue weighted by Crippen LogP contribution is 2.25. The number of cyclic esters (lactones) is 1. The molecule has 0 aliphatic carbocycles. The van der Waals surface area contributed by atoms with E-state index in [1.165, 1.54) is 0 Å². The van der Waals surface area contributed by atoms with Crippen LogP contribution < -0.4 is 15.5 Å². The van der Waals surface area contributed by atoms with Crippen LogP contribution in [-0.4, -0.2) is 62.0 Å². The number of anilines is 2. The minimum absolute atomic E-state index is 0.0576. The minimum Gasteiger partial charge on any atom is -0.481 e. The number of rotatable bonds is 3. The molecule has 3 rings (SSSR count). The van der Waals surface area contributed by atoms with Crippen molar-refractivity contribution in [3.63, 3.8) is 0 Å². The third kappa shape index (κ3) is 4.91. The fourth-order valence-corrected chi connectivity index (χ4v) is 2.46. The van der Waals surface area contributed by atoms with Gasteiger partial charge in [-0.05, 0) is 24.3 Å². The second kappa shape index (κ2) is 8.45. The summed E-state index contributed by atoms with van der Waals surface area (Å²) in [7, 11) is 0. The number of nitrogens with zero attached hydrogens (tertiary/aromatic N) is 2. The van der Waals surface area contributed by atoms with E-state index in [4.69, 9.17) is 25.1 Å². The highest BCUT2D eigenvalue weighted by atomic mass is 16.6. The Bertz CT molecular complexity index is 629. The summed E-state index contributed by atoms with van der Waals surface area (Å²) < 4.78 is 10.2. The molecule has 0 radical (unpaired) electrons. The zero-order valence-electron chi connectivity index (χ0n) is 13.9. The molecule has 2 saturated heterocycles. The summed E-state index contributed by atoms with van der Waals surface area (Å²) in [5.41, 5.74) is 7.05. The maximum Gasteiger partial charge on any atom is 0.414 e. The van der Waals surface area contributed by atoms with E-state index in [0.29, 0.717) is 26.2 Å². The third-order valence-electron chi connectivity index (χ3n) is 3.60. The summed E-state index contributed by atoms with van der Waals surface area (Å²) in [4.78, 5) is 35.7. The van der Waals surface area contributed by atoms with Crippen LogP contribution in [0.1, 0.15) is 6.92 Å². The van der Waals surface area contributed by atoms with Gasteiger partial charge in [0.15, 0.2) is 0 Å². The first-order valence-electron chi connectivity index (χ1n) is 7.78. The Morgan fingerprint density at radius 3 is 2.28 bits per heavy atom. The fourth-order valence-electron chi connectivity index (χ4n) is 2.46. The SMILES string of the molecule is CC(=O)O.NCC1CN(c2ccc(N3CCOCC3=O)cc2)C(=O)O1. The Morgan fingerprint density at radius 1 is 1.24 bits per heavy atom. The van der Waals surface area contributed by atoms with E-state index in [0.717, 1.165) is 18.3 Å². The van der Waals surface area contributed by atoms with E-state index in [9.17, 15) is 9.59 Å². The number of hydrogen-bond donors (Lipinski definition) is 2. The zero-order valence-corrected chi connectivity index (χ0v) is 13.9. The Balaban J connectivity index is 0.000000511. The van der Waals surface area contributed by atoms with Crippen molar-refractivity contribution in [2.75, 3.05) is 42.6 Å². The van der Waals surface area contributed by atoms with Gasteiger partial charge in [-0.15, -0.1) is 0 Å². The molecule has 136 valence electrons. The molecule has 1 unspecified atom stereocenters. The molecule has 25 heavy (non-hydrogen) atoms. The molecular formula is C16H21N3O6. The standard InChI is InChI=1S/C14H17N3O4.C2H4O2/c15-7-12-8-17(14(19)21-12)11-3-1-10(2-4-11)16-5-6-20-9-13(16)18;1-2(3)4/h1-4,12H,5-9,15H2;1H3,(H,3,4). The number of carboxylic acid groups (broad SMARTS) is 1. The van der Waals surface area contributed by atoms with Crippen LogP contribution in [0.3, 0.4) is 0 Å². The highest BCUT2D eigenvalue weighted by Gasteiger charge is 2.31. The Hall–Kier alpha value is -2.65. The first-order valence-corrected chi connectivity index (χ1v) is 7.78. The summed E-state index contributed by atoms with van der Waals surface area (Å²) in [5, 5.41) is 7.42. The molecule has 0 saturated carbocycles. The van der Waals surface area contributed by atoms with Crippen molar-refractivity contribution in [2.24, 2.45) is 5.73 Å². The number of benzene rings is 1. The summed E-state index contributed by atoms with van der Waals surface area (Å²) in [6.07, 6.45) is -0.654. The van der Waals surface area contributed by atoms with Crippen molar-refractivity contribution in [2.45, 2.75) is 13.0 Å². The van der Waals surface area contributed by atoms with E-state index in [2.05, 4.69) is 0 Å². The van der Waals surface area contributed by atoms with Crippen molar-refractivity contribution in [1.29, 1.82) is 0 Å². The van der Waals surface area contributed by atoms with Crippen LogP contribution in [0.25, 0.3) is 0 Å². The monoisotopic (exact) mass is 351 g/mol. The molecule has 2 aliphatic rings. The van der Waals surface area contributed by atoms with Crippen molar-refractivity contribution in [3.8, 4) is 0 Å². The number of morpholine rings is 1. The molecular weight excluding hydrogens is 330 g/mol. The molecule has 1 aromatic rings. The van der Waals surface area contributed by atoms with E-state index in [-0.39, 0.29) is 24.7 Å². The number of aliphatic carboxylic acids is 1. The Morgan fingerprint density at radius 2 is 1.80 bits per heavy atom. The highest BCUT2D eigenvalue weighted by molar-refractivity contribution is 5.95. The van der Waals surface area contributed by atoms with Crippen molar-refractivity contribution in [3.05, 3.63) is 24.3 Å². The van der Waals surface area contributed by atoms with Gasteiger partial charge in [-0.1, -0.05) is 0 Å². The molecule has 2 aliphatic heterocycles. The van der Waals surface area contributed by atoms with Crippen LogP contribution in [-0.2, 0) is 19.1 Å². The smallest absolute Gasteiger partial charge is 0.414 e. The van der Waals surface area contributed by atoms with Crippen LogP contribution in [0.2, 0.25) is 0 Å². The lowest BCUT2D eigenvalue weighted by molar-refractivity contribution is -0.134. The second-order valence-corrected chi connectivity index (χ2v) is 5.49. The zero-order chi connectivity index (χ0) is 18.4. The largest absolute Gasteiger partial charge is 0.481 e. The predicted molar refractivity (Wildman–Crippen MR) is 89.6 cm³/mol. The molecule has 2 fully saturated rings. The molecule has 9 nitrogen and oxygen atoms in total. The van der Waals surface area contributed by atoms with E-state index < -0.39 is 5.97 Å². The number of amides is 2. The Kier molecular flexibility index (Phi) is 6.31. The van der Waals surface area contributed by atoms with Crippen molar-refractivity contribution >= 4 is 29.3 Å². The van der Waals surface area contributed by atoms with Gasteiger partial charge in [0.25, 0.3) is 11.9 Å². The lowest BCUT2D eigenvalue weighted by atomic mass is 10.2. The first kappa shape index (κ1) is 18.7. The summed E-state index contributed by atoms with van der Waals surface area (Å²) in [5.74, 6) is -0.891. The molecule has 0 spiro atoms. The van der Waals surface area contributed by atoms with Gasteiger partial charge in [0.05, 0.1) is 13.2 Å². The average Bonchev–Trinajstić information content (AvgIpc) is 2.96. The van der Waals surface area contributed by atoms with Crippen molar-refractivity contribution < 1.29 is 29.0 Å². The Labute approximate surface area is 144 Å². The fraction of sp³-hybridized carbons (Fsp3) is 0.438. The normalized spacial score (nSPS) is 20.0. The van der Waals surface area contributed by atoms with Crippen LogP contribution >= 0.6 is 0 Å². The number of carbonyl (C=O) groups is 3. The number of carbonyl (C=O) groups excluding carboxylic acids is 2. The molecule has 0 aromatic heterocycles. The number of ether oxygens (including phenoxy) is 2. The quantitative estimate of drug-likeness (QED) is 0.809. The maximum atomic E-state index is 11.8. The molecule has 2 amide bonds.